The number of nitrogens with one attached hydrogen (secondary N) is 1. The zero-order valence-electron chi connectivity index (χ0n) is 10.4. The fourth-order valence-corrected chi connectivity index (χ4v) is 3.27. The van der Waals surface area contributed by atoms with E-state index in [1.807, 2.05) is 18.2 Å². The lowest BCUT2D eigenvalue weighted by Crippen LogP contribution is -2.18. The summed E-state index contributed by atoms with van der Waals surface area (Å²) in [6.45, 7) is 3.02. The predicted octanol–water partition coefficient (Wildman–Crippen LogP) is 4.37. The average Bonchev–Trinajstić information content (AvgIpc) is 2.81. The lowest BCUT2D eigenvalue weighted by Gasteiger charge is -2.16. The number of rotatable bonds is 5. The highest BCUT2D eigenvalue weighted by atomic mass is 79.9. The molecule has 1 N–H and O–H groups in total. The van der Waals surface area contributed by atoms with Gasteiger partial charge in [0.2, 0.25) is 0 Å². The number of benzene rings is 1. The third kappa shape index (κ3) is 3.34. The number of hydrogen-bond acceptors (Lipinski definition) is 3. The van der Waals surface area contributed by atoms with Crippen LogP contribution in [0.5, 0.6) is 5.75 Å². The minimum atomic E-state index is 0.266. The molecule has 0 saturated heterocycles. The molecule has 0 bridgehead atoms. The summed E-state index contributed by atoms with van der Waals surface area (Å²) in [6, 6.07) is 12.6. The quantitative estimate of drug-likeness (QED) is 0.881. The standard InChI is InChI=1S/C14H16BrNOS/c1-10(12-5-3-4-6-13(12)17-2)16-9-11-7-8-14(15)18-11/h3-8,10,16H,9H2,1-2H3/t10-/m1/s1. The molecular formula is C14H16BrNOS. The maximum absolute atomic E-state index is 5.38. The van der Waals surface area contributed by atoms with Crippen molar-refractivity contribution < 1.29 is 4.74 Å². The monoisotopic (exact) mass is 325 g/mol. The lowest BCUT2D eigenvalue weighted by atomic mass is 10.1. The molecule has 18 heavy (non-hydrogen) atoms. The first-order chi connectivity index (χ1) is 8.70. The molecule has 2 nitrogen and oxygen atoms in total. The largest absolute Gasteiger partial charge is 0.496 e. The fourth-order valence-electron chi connectivity index (χ4n) is 1.83. The van der Waals surface area contributed by atoms with Crippen molar-refractivity contribution in [2.24, 2.45) is 0 Å². The Morgan fingerprint density at radius 2 is 2.06 bits per heavy atom. The van der Waals surface area contributed by atoms with Crippen molar-refractivity contribution in [2.75, 3.05) is 7.11 Å². The van der Waals surface area contributed by atoms with Gasteiger partial charge in [-0.3, -0.25) is 0 Å². The Balaban J connectivity index is 2.01. The third-order valence-electron chi connectivity index (χ3n) is 2.82. The second-order valence-corrected chi connectivity index (χ2v) is 6.60. The van der Waals surface area contributed by atoms with Crippen LogP contribution in [0, 0.1) is 0 Å². The van der Waals surface area contributed by atoms with Gasteiger partial charge in [0.1, 0.15) is 5.75 Å². The Hall–Kier alpha value is -0.840. The number of methoxy groups -OCH3 is 1. The summed E-state index contributed by atoms with van der Waals surface area (Å²) in [5.41, 5.74) is 1.19. The van der Waals surface area contributed by atoms with Crippen LogP contribution < -0.4 is 10.1 Å². The first-order valence-electron chi connectivity index (χ1n) is 5.81. The Kier molecular flexibility index (Phi) is 4.80. The molecule has 96 valence electrons. The number of hydrogen-bond donors (Lipinski definition) is 1. The van der Waals surface area contributed by atoms with E-state index in [0.29, 0.717) is 0 Å². The van der Waals surface area contributed by atoms with E-state index in [9.17, 15) is 0 Å². The zero-order valence-corrected chi connectivity index (χ0v) is 12.8. The summed E-state index contributed by atoms with van der Waals surface area (Å²) >= 11 is 5.24. The van der Waals surface area contributed by atoms with Gasteiger partial charge < -0.3 is 10.1 Å². The van der Waals surface area contributed by atoms with Crippen molar-refractivity contribution in [2.45, 2.75) is 19.5 Å². The van der Waals surface area contributed by atoms with Crippen LogP contribution in [0.3, 0.4) is 0 Å². The maximum Gasteiger partial charge on any atom is 0.123 e. The molecule has 1 aromatic carbocycles. The van der Waals surface area contributed by atoms with E-state index >= 15 is 0 Å². The number of thiophene rings is 1. The topological polar surface area (TPSA) is 21.3 Å². The van der Waals surface area contributed by atoms with Gasteiger partial charge in [-0.15, -0.1) is 11.3 Å². The normalized spacial score (nSPS) is 12.4. The van der Waals surface area contributed by atoms with Gasteiger partial charge >= 0.3 is 0 Å². The van der Waals surface area contributed by atoms with Crippen LogP contribution in [0.2, 0.25) is 0 Å². The van der Waals surface area contributed by atoms with Gasteiger partial charge in [-0.1, -0.05) is 18.2 Å². The molecule has 0 radical (unpaired) electrons. The van der Waals surface area contributed by atoms with Gasteiger partial charge in [0, 0.05) is 23.0 Å². The predicted molar refractivity (Wildman–Crippen MR) is 80.3 cm³/mol. The molecule has 0 saturated carbocycles. The van der Waals surface area contributed by atoms with E-state index in [2.05, 4.69) is 46.4 Å². The number of ether oxygens (including phenoxy) is 1. The maximum atomic E-state index is 5.38. The van der Waals surface area contributed by atoms with Crippen molar-refractivity contribution in [1.82, 2.24) is 5.32 Å². The Morgan fingerprint density at radius 1 is 1.28 bits per heavy atom. The summed E-state index contributed by atoms with van der Waals surface area (Å²) < 4.78 is 6.55. The van der Waals surface area contributed by atoms with Gasteiger partial charge in [0.25, 0.3) is 0 Å². The molecular weight excluding hydrogens is 310 g/mol. The van der Waals surface area contributed by atoms with Crippen molar-refractivity contribution in [1.29, 1.82) is 0 Å². The van der Waals surface area contributed by atoms with E-state index in [1.54, 1.807) is 18.4 Å². The molecule has 2 rings (SSSR count). The molecule has 0 amide bonds. The molecule has 0 aliphatic carbocycles. The SMILES string of the molecule is COc1ccccc1[C@@H](C)NCc1ccc(Br)s1. The summed E-state index contributed by atoms with van der Waals surface area (Å²) in [7, 11) is 1.71. The fraction of sp³-hybridized carbons (Fsp3) is 0.286. The zero-order chi connectivity index (χ0) is 13.0. The van der Waals surface area contributed by atoms with Crippen LogP contribution in [-0.2, 0) is 6.54 Å². The van der Waals surface area contributed by atoms with Gasteiger partial charge in [0.15, 0.2) is 0 Å². The average molecular weight is 326 g/mol. The molecule has 2 aromatic rings. The van der Waals surface area contributed by atoms with Gasteiger partial charge in [-0.05, 0) is 41.1 Å². The molecule has 0 aliphatic rings. The summed E-state index contributed by atoms with van der Waals surface area (Å²) in [5.74, 6) is 0.935. The van der Waals surface area contributed by atoms with Crippen LogP contribution in [-0.4, -0.2) is 7.11 Å². The van der Waals surface area contributed by atoms with Crippen molar-refractivity contribution in [3.05, 3.63) is 50.6 Å². The molecule has 1 atom stereocenters. The van der Waals surface area contributed by atoms with Crippen LogP contribution in [0.4, 0.5) is 0 Å². The molecule has 1 aromatic heterocycles. The van der Waals surface area contributed by atoms with Gasteiger partial charge in [-0.25, -0.2) is 0 Å². The first-order valence-corrected chi connectivity index (χ1v) is 7.42. The summed E-state index contributed by atoms with van der Waals surface area (Å²) in [5, 5.41) is 3.51. The highest BCUT2D eigenvalue weighted by molar-refractivity contribution is 9.11. The van der Waals surface area contributed by atoms with E-state index in [-0.39, 0.29) is 6.04 Å². The molecule has 0 fully saturated rings. The molecule has 0 aliphatic heterocycles. The van der Waals surface area contributed by atoms with Crippen LogP contribution >= 0.6 is 27.3 Å². The molecule has 0 unspecified atom stereocenters. The van der Waals surface area contributed by atoms with Crippen LogP contribution in [0.15, 0.2) is 40.2 Å². The van der Waals surface area contributed by atoms with Crippen LogP contribution in [0.25, 0.3) is 0 Å². The first kappa shape index (κ1) is 13.6. The summed E-state index contributed by atoms with van der Waals surface area (Å²) in [4.78, 5) is 1.32. The lowest BCUT2D eigenvalue weighted by molar-refractivity contribution is 0.401. The van der Waals surface area contributed by atoms with E-state index in [0.717, 1.165) is 12.3 Å². The summed E-state index contributed by atoms with van der Waals surface area (Å²) in [6.07, 6.45) is 0. The molecule has 4 heteroatoms. The Morgan fingerprint density at radius 3 is 2.72 bits per heavy atom. The minimum Gasteiger partial charge on any atom is -0.496 e. The van der Waals surface area contributed by atoms with E-state index in [4.69, 9.17) is 4.74 Å². The van der Waals surface area contributed by atoms with Crippen LogP contribution in [0.1, 0.15) is 23.4 Å². The van der Waals surface area contributed by atoms with Crippen molar-refractivity contribution in [3.63, 3.8) is 0 Å². The number of halogens is 1. The second kappa shape index (κ2) is 6.36. The highest BCUT2D eigenvalue weighted by Gasteiger charge is 2.10. The van der Waals surface area contributed by atoms with Crippen molar-refractivity contribution >= 4 is 27.3 Å². The minimum absolute atomic E-state index is 0.266. The highest BCUT2D eigenvalue weighted by Crippen LogP contribution is 2.26. The van der Waals surface area contributed by atoms with Crippen molar-refractivity contribution in [3.8, 4) is 5.75 Å². The number of para-hydroxylation sites is 1. The smallest absolute Gasteiger partial charge is 0.123 e. The van der Waals surface area contributed by atoms with Gasteiger partial charge in [0.05, 0.1) is 10.9 Å². The second-order valence-electron chi connectivity index (χ2n) is 4.05. The van der Waals surface area contributed by atoms with E-state index in [1.165, 1.54) is 14.2 Å². The van der Waals surface area contributed by atoms with E-state index < -0.39 is 0 Å². The Bertz CT molecular complexity index is 512. The van der Waals surface area contributed by atoms with Gasteiger partial charge in [-0.2, -0.15) is 0 Å². The third-order valence-corrected chi connectivity index (χ3v) is 4.44. The Labute approximate surface area is 120 Å². The molecule has 1 heterocycles. The molecule has 0 spiro atoms.